The molecule has 0 saturated heterocycles. The summed E-state index contributed by atoms with van der Waals surface area (Å²) in [6.45, 7) is 3.70. The fourth-order valence-corrected chi connectivity index (χ4v) is 2.75. The third-order valence-corrected chi connectivity index (χ3v) is 3.71. The van der Waals surface area contributed by atoms with Gasteiger partial charge in [-0.1, -0.05) is 24.3 Å². The molecule has 0 saturated carbocycles. The van der Waals surface area contributed by atoms with Crippen LogP contribution in [0.25, 0.3) is 10.8 Å². The van der Waals surface area contributed by atoms with E-state index in [2.05, 4.69) is 10.6 Å². The molecule has 23 heavy (non-hydrogen) atoms. The van der Waals surface area contributed by atoms with Gasteiger partial charge in [-0.05, 0) is 31.4 Å². The minimum Gasteiger partial charge on any atom is -0.462 e. The molecule has 0 fully saturated rings. The van der Waals surface area contributed by atoms with Crippen LogP contribution in [-0.4, -0.2) is 30.8 Å². The molecule has 1 aliphatic rings. The summed E-state index contributed by atoms with van der Waals surface area (Å²) in [6.07, 6.45) is 0. The Balaban J connectivity index is 2.13. The predicted molar refractivity (Wildman–Crippen MR) is 87.2 cm³/mol. The first kappa shape index (κ1) is 15.1. The van der Waals surface area contributed by atoms with Crippen LogP contribution < -0.4 is 10.6 Å². The SMILES string of the molecule is CCOC(=O)C1(C(=O)OCC)Nc2cccc3cccc(c23)N1. The third-order valence-electron chi connectivity index (χ3n) is 3.71. The number of esters is 2. The highest BCUT2D eigenvalue weighted by atomic mass is 16.6. The van der Waals surface area contributed by atoms with Crippen molar-refractivity contribution >= 4 is 34.1 Å². The molecule has 1 aliphatic heterocycles. The summed E-state index contributed by atoms with van der Waals surface area (Å²) >= 11 is 0. The first-order valence-corrected chi connectivity index (χ1v) is 7.55. The second-order valence-electron chi connectivity index (χ2n) is 5.15. The van der Waals surface area contributed by atoms with Crippen LogP contribution in [0, 0.1) is 0 Å². The van der Waals surface area contributed by atoms with Crippen LogP contribution in [-0.2, 0) is 19.1 Å². The minimum atomic E-state index is -1.78. The average Bonchev–Trinajstić information content (AvgIpc) is 2.55. The number of hydrogen-bond donors (Lipinski definition) is 2. The maximum atomic E-state index is 12.5. The van der Waals surface area contributed by atoms with E-state index in [-0.39, 0.29) is 13.2 Å². The lowest BCUT2D eigenvalue weighted by Gasteiger charge is -2.36. The number of ether oxygens (including phenoxy) is 2. The van der Waals surface area contributed by atoms with Crippen molar-refractivity contribution in [3.05, 3.63) is 36.4 Å². The number of hydrogen-bond acceptors (Lipinski definition) is 6. The number of benzene rings is 2. The summed E-state index contributed by atoms with van der Waals surface area (Å²) in [5, 5.41) is 7.88. The molecule has 6 heteroatoms. The van der Waals surface area contributed by atoms with Gasteiger partial charge in [0.05, 0.1) is 13.2 Å². The topological polar surface area (TPSA) is 76.7 Å². The van der Waals surface area contributed by atoms with Crippen molar-refractivity contribution < 1.29 is 19.1 Å². The monoisotopic (exact) mass is 314 g/mol. The minimum absolute atomic E-state index is 0.162. The molecule has 0 amide bonds. The summed E-state index contributed by atoms with van der Waals surface area (Å²) in [7, 11) is 0. The quantitative estimate of drug-likeness (QED) is 0.667. The van der Waals surface area contributed by atoms with Crippen LogP contribution in [0.5, 0.6) is 0 Å². The zero-order valence-electron chi connectivity index (χ0n) is 13.0. The lowest BCUT2D eigenvalue weighted by atomic mass is 9.99. The number of anilines is 2. The van der Waals surface area contributed by atoms with E-state index < -0.39 is 17.6 Å². The van der Waals surface area contributed by atoms with E-state index in [1.807, 2.05) is 36.4 Å². The fourth-order valence-electron chi connectivity index (χ4n) is 2.75. The van der Waals surface area contributed by atoms with E-state index in [0.717, 1.165) is 10.8 Å². The van der Waals surface area contributed by atoms with Gasteiger partial charge < -0.3 is 20.1 Å². The molecule has 1 heterocycles. The zero-order chi connectivity index (χ0) is 16.4. The lowest BCUT2D eigenvalue weighted by molar-refractivity contribution is -0.160. The van der Waals surface area contributed by atoms with Gasteiger partial charge in [-0.15, -0.1) is 0 Å². The molecule has 0 radical (unpaired) electrons. The molecule has 0 aromatic heterocycles. The number of carbonyl (C=O) groups excluding carboxylic acids is 2. The first-order chi connectivity index (χ1) is 11.1. The summed E-state index contributed by atoms with van der Waals surface area (Å²) in [5.74, 6) is -1.44. The normalized spacial score (nSPS) is 14.5. The summed E-state index contributed by atoms with van der Waals surface area (Å²) in [4.78, 5) is 25.0. The van der Waals surface area contributed by atoms with Gasteiger partial charge >= 0.3 is 17.6 Å². The Kier molecular flexibility index (Phi) is 3.82. The van der Waals surface area contributed by atoms with Gasteiger partial charge in [-0.2, -0.15) is 0 Å². The van der Waals surface area contributed by atoms with Crippen LogP contribution in [0.1, 0.15) is 13.8 Å². The number of rotatable bonds is 4. The fraction of sp³-hybridized carbons (Fsp3) is 0.294. The van der Waals surface area contributed by atoms with Crippen LogP contribution in [0.2, 0.25) is 0 Å². The van der Waals surface area contributed by atoms with Gasteiger partial charge in [0.2, 0.25) is 0 Å². The second-order valence-corrected chi connectivity index (χ2v) is 5.15. The van der Waals surface area contributed by atoms with Crippen LogP contribution in [0.3, 0.4) is 0 Å². The van der Waals surface area contributed by atoms with Crippen molar-refractivity contribution in [1.29, 1.82) is 0 Å². The third kappa shape index (κ3) is 2.36. The molecule has 3 rings (SSSR count). The van der Waals surface area contributed by atoms with E-state index in [1.165, 1.54) is 0 Å². The Labute approximate surface area is 133 Å². The Morgan fingerprint density at radius 1 is 0.913 bits per heavy atom. The van der Waals surface area contributed by atoms with E-state index in [0.29, 0.717) is 11.4 Å². The van der Waals surface area contributed by atoms with Crippen molar-refractivity contribution in [2.75, 3.05) is 23.8 Å². The molecule has 2 aromatic carbocycles. The summed E-state index contributed by atoms with van der Waals surface area (Å²) in [5.41, 5.74) is -0.426. The molecular weight excluding hydrogens is 296 g/mol. The van der Waals surface area contributed by atoms with Gasteiger partial charge in [0, 0.05) is 16.8 Å². The average molecular weight is 314 g/mol. The molecule has 0 bridgehead atoms. The van der Waals surface area contributed by atoms with Crippen LogP contribution in [0.15, 0.2) is 36.4 Å². The summed E-state index contributed by atoms with van der Waals surface area (Å²) < 4.78 is 10.2. The Morgan fingerprint density at radius 3 is 1.83 bits per heavy atom. The van der Waals surface area contributed by atoms with E-state index >= 15 is 0 Å². The van der Waals surface area contributed by atoms with Crippen molar-refractivity contribution in [3.63, 3.8) is 0 Å². The van der Waals surface area contributed by atoms with Crippen molar-refractivity contribution in [1.82, 2.24) is 0 Å². The Hall–Kier alpha value is -2.76. The molecule has 0 unspecified atom stereocenters. The highest BCUT2D eigenvalue weighted by Gasteiger charge is 2.52. The molecule has 0 atom stereocenters. The van der Waals surface area contributed by atoms with E-state index in [9.17, 15) is 9.59 Å². The van der Waals surface area contributed by atoms with Gasteiger partial charge in [0.15, 0.2) is 0 Å². The maximum absolute atomic E-state index is 12.5. The van der Waals surface area contributed by atoms with E-state index in [1.54, 1.807) is 13.8 Å². The largest absolute Gasteiger partial charge is 0.462 e. The lowest BCUT2D eigenvalue weighted by Crippen LogP contribution is -2.62. The molecule has 6 nitrogen and oxygen atoms in total. The van der Waals surface area contributed by atoms with E-state index in [4.69, 9.17) is 9.47 Å². The van der Waals surface area contributed by atoms with Gasteiger partial charge in [-0.25, -0.2) is 9.59 Å². The molecule has 2 aromatic rings. The van der Waals surface area contributed by atoms with Crippen molar-refractivity contribution in [2.24, 2.45) is 0 Å². The molecule has 2 N–H and O–H groups in total. The maximum Gasteiger partial charge on any atom is 0.365 e. The first-order valence-electron chi connectivity index (χ1n) is 7.55. The molecular formula is C17H18N2O4. The Morgan fingerprint density at radius 2 is 1.39 bits per heavy atom. The standard InChI is InChI=1S/C17H18N2O4/c1-3-22-15(20)17(16(21)23-4-2)18-12-9-5-7-11-8-6-10-13(19-17)14(11)12/h5-10,18-19H,3-4H2,1-2H3. The summed E-state index contributed by atoms with van der Waals surface area (Å²) in [6, 6.07) is 11.3. The van der Waals surface area contributed by atoms with Crippen molar-refractivity contribution in [3.8, 4) is 0 Å². The zero-order valence-corrected chi connectivity index (χ0v) is 13.0. The predicted octanol–water partition coefficient (Wildman–Crippen LogP) is 2.50. The van der Waals surface area contributed by atoms with Gasteiger partial charge in [0.25, 0.3) is 0 Å². The van der Waals surface area contributed by atoms with Crippen molar-refractivity contribution in [2.45, 2.75) is 19.5 Å². The highest BCUT2D eigenvalue weighted by Crippen LogP contribution is 2.38. The second kappa shape index (κ2) is 5.79. The smallest absolute Gasteiger partial charge is 0.365 e. The molecule has 0 spiro atoms. The molecule has 120 valence electrons. The van der Waals surface area contributed by atoms with Crippen LogP contribution in [0.4, 0.5) is 11.4 Å². The van der Waals surface area contributed by atoms with Gasteiger partial charge in [0.1, 0.15) is 0 Å². The van der Waals surface area contributed by atoms with Gasteiger partial charge in [-0.3, -0.25) is 0 Å². The highest BCUT2D eigenvalue weighted by molar-refractivity contribution is 6.17. The van der Waals surface area contributed by atoms with Crippen LogP contribution >= 0.6 is 0 Å². The number of nitrogens with one attached hydrogen (secondary N) is 2. The molecule has 0 aliphatic carbocycles. The Bertz CT molecular complexity index is 712. The number of carbonyl (C=O) groups is 2.